The highest BCUT2D eigenvalue weighted by molar-refractivity contribution is 5.79. The van der Waals surface area contributed by atoms with Gasteiger partial charge in [0.1, 0.15) is 5.52 Å². The van der Waals surface area contributed by atoms with Crippen LogP contribution in [0.2, 0.25) is 0 Å². The van der Waals surface area contributed by atoms with E-state index in [1.54, 1.807) is 6.20 Å². The van der Waals surface area contributed by atoms with Crippen molar-refractivity contribution in [3.05, 3.63) is 52.6 Å². The fourth-order valence-electron chi connectivity index (χ4n) is 4.02. The minimum atomic E-state index is -0.124. The standard InChI is InChI=1S/C20H23N3O2/c24-19-18-16(7-4-10-21-18)13-17(22-19)14-8-11-23(12-9-14)20(25)15-5-2-1-3-6-15/h1-2,4,7,10,13-15H,3,5-6,8-9,11-12H2,(H,22,24)/t15-/m0/s1. The average molecular weight is 337 g/mol. The molecule has 5 nitrogen and oxygen atoms in total. The second kappa shape index (κ2) is 6.82. The molecule has 2 aromatic rings. The highest BCUT2D eigenvalue weighted by atomic mass is 16.2. The molecule has 130 valence electrons. The van der Waals surface area contributed by atoms with Crippen LogP contribution in [0.25, 0.3) is 10.9 Å². The number of allylic oxidation sites excluding steroid dienone is 2. The van der Waals surface area contributed by atoms with Gasteiger partial charge >= 0.3 is 0 Å². The van der Waals surface area contributed by atoms with Crippen LogP contribution < -0.4 is 5.56 Å². The first-order chi connectivity index (χ1) is 12.2. The summed E-state index contributed by atoms with van der Waals surface area (Å²) in [5.74, 6) is 0.764. The molecule has 0 spiro atoms. The Morgan fingerprint density at radius 1 is 1.20 bits per heavy atom. The molecule has 0 aromatic carbocycles. The number of carbonyl (C=O) groups is 1. The largest absolute Gasteiger partial charge is 0.342 e. The summed E-state index contributed by atoms with van der Waals surface area (Å²) in [5.41, 5.74) is 1.34. The van der Waals surface area contributed by atoms with Crippen molar-refractivity contribution in [3.8, 4) is 0 Å². The van der Waals surface area contributed by atoms with E-state index in [-0.39, 0.29) is 11.5 Å². The lowest BCUT2D eigenvalue weighted by atomic mass is 9.89. The Morgan fingerprint density at radius 2 is 2.04 bits per heavy atom. The highest BCUT2D eigenvalue weighted by Gasteiger charge is 2.29. The van der Waals surface area contributed by atoms with E-state index in [0.29, 0.717) is 17.3 Å². The van der Waals surface area contributed by atoms with Crippen LogP contribution in [0.3, 0.4) is 0 Å². The second-order valence-corrected chi connectivity index (χ2v) is 7.08. The van der Waals surface area contributed by atoms with Crippen LogP contribution in [-0.4, -0.2) is 33.9 Å². The van der Waals surface area contributed by atoms with E-state index in [4.69, 9.17) is 0 Å². The topological polar surface area (TPSA) is 66.1 Å². The van der Waals surface area contributed by atoms with Crippen molar-refractivity contribution in [1.82, 2.24) is 14.9 Å². The number of H-pyrrole nitrogens is 1. The monoisotopic (exact) mass is 337 g/mol. The third-order valence-electron chi connectivity index (χ3n) is 5.49. The molecule has 4 rings (SSSR count). The van der Waals surface area contributed by atoms with E-state index in [1.165, 1.54) is 0 Å². The smallest absolute Gasteiger partial charge is 0.274 e. The van der Waals surface area contributed by atoms with Crippen LogP contribution in [0.15, 0.2) is 41.3 Å². The van der Waals surface area contributed by atoms with Crippen LogP contribution in [0, 0.1) is 5.92 Å². The number of hydrogen-bond donors (Lipinski definition) is 1. The molecular weight excluding hydrogens is 314 g/mol. The maximum atomic E-state index is 12.7. The van der Waals surface area contributed by atoms with Crippen LogP contribution in [0.5, 0.6) is 0 Å². The van der Waals surface area contributed by atoms with Gasteiger partial charge in [0, 0.05) is 42.2 Å². The SMILES string of the molecule is O=C([C@H]1CC=CCC1)N1CCC(c2cc3cccnc3c(=O)[nH]2)CC1. The van der Waals surface area contributed by atoms with Crippen molar-refractivity contribution in [2.24, 2.45) is 5.92 Å². The van der Waals surface area contributed by atoms with Gasteiger partial charge in [-0.25, -0.2) is 0 Å². The zero-order chi connectivity index (χ0) is 17.2. The number of nitrogens with zero attached hydrogens (tertiary/aromatic N) is 2. The van der Waals surface area contributed by atoms with E-state index in [2.05, 4.69) is 22.1 Å². The lowest BCUT2D eigenvalue weighted by Gasteiger charge is -2.34. The van der Waals surface area contributed by atoms with Crippen LogP contribution in [0.4, 0.5) is 0 Å². The van der Waals surface area contributed by atoms with Crippen molar-refractivity contribution < 1.29 is 4.79 Å². The third-order valence-corrected chi connectivity index (χ3v) is 5.49. The summed E-state index contributed by atoms with van der Waals surface area (Å²) < 4.78 is 0. The zero-order valence-electron chi connectivity index (χ0n) is 14.3. The van der Waals surface area contributed by atoms with E-state index >= 15 is 0 Å². The molecular formula is C20H23N3O2. The van der Waals surface area contributed by atoms with E-state index in [0.717, 1.165) is 56.3 Å². The number of rotatable bonds is 2. The molecule has 1 aliphatic carbocycles. The number of fused-ring (bicyclic) bond motifs is 1. The summed E-state index contributed by atoms with van der Waals surface area (Å²) in [4.78, 5) is 34.0. The molecule has 1 aliphatic heterocycles. The number of carbonyl (C=O) groups excluding carboxylic acids is 1. The Morgan fingerprint density at radius 3 is 2.80 bits per heavy atom. The molecule has 1 amide bonds. The molecule has 0 bridgehead atoms. The van der Waals surface area contributed by atoms with Gasteiger partial charge in [-0.2, -0.15) is 0 Å². The average Bonchev–Trinajstić information content (AvgIpc) is 2.68. The van der Waals surface area contributed by atoms with Gasteiger partial charge in [0.15, 0.2) is 0 Å². The van der Waals surface area contributed by atoms with Crippen LogP contribution in [0.1, 0.15) is 43.7 Å². The zero-order valence-corrected chi connectivity index (χ0v) is 14.3. The molecule has 0 unspecified atom stereocenters. The maximum absolute atomic E-state index is 12.7. The molecule has 1 atom stereocenters. The summed E-state index contributed by atoms with van der Waals surface area (Å²) in [5, 5.41) is 0.883. The highest BCUT2D eigenvalue weighted by Crippen LogP contribution is 2.29. The fourth-order valence-corrected chi connectivity index (χ4v) is 4.02. The lowest BCUT2D eigenvalue weighted by Crippen LogP contribution is -2.41. The molecule has 2 aliphatic rings. The maximum Gasteiger partial charge on any atom is 0.274 e. The Bertz CT molecular complexity index is 863. The van der Waals surface area contributed by atoms with Gasteiger partial charge in [0.05, 0.1) is 0 Å². The number of pyridine rings is 2. The Hall–Kier alpha value is -2.43. The summed E-state index contributed by atoms with van der Waals surface area (Å²) in [6, 6.07) is 5.82. The van der Waals surface area contributed by atoms with Crippen LogP contribution in [-0.2, 0) is 4.79 Å². The van der Waals surface area contributed by atoms with Crippen molar-refractivity contribution in [2.75, 3.05) is 13.1 Å². The fraction of sp³-hybridized carbons (Fsp3) is 0.450. The number of piperidine rings is 1. The first-order valence-corrected chi connectivity index (χ1v) is 9.14. The first-order valence-electron chi connectivity index (χ1n) is 9.14. The normalized spacial score (nSPS) is 21.6. The van der Waals surface area contributed by atoms with Crippen molar-refractivity contribution in [1.29, 1.82) is 0 Å². The van der Waals surface area contributed by atoms with E-state index < -0.39 is 0 Å². The van der Waals surface area contributed by atoms with Gasteiger partial charge in [-0.05, 0) is 44.2 Å². The third kappa shape index (κ3) is 3.23. The molecule has 3 heterocycles. The van der Waals surface area contributed by atoms with Crippen molar-refractivity contribution in [3.63, 3.8) is 0 Å². The summed E-state index contributed by atoms with van der Waals surface area (Å²) >= 11 is 0. The summed E-state index contributed by atoms with van der Waals surface area (Å²) in [6.45, 7) is 1.55. The van der Waals surface area contributed by atoms with E-state index in [1.807, 2.05) is 23.1 Å². The van der Waals surface area contributed by atoms with Crippen molar-refractivity contribution >= 4 is 16.8 Å². The molecule has 1 fully saturated rings. The molecule has 0 saturated carbocycles. The quantitative estimate of drug-likeness (QED) is 0.857. The molecule has 5 heteroatoms. The number of hydrogen-bond acceptors (Lipinski definition) is 3. The summed E-state index contributed by atoms with van der Waals surface area (Å²) in [6.07, 6.45) is 10.6. The molecule has 25 heavy (non-hydrogen) atoms. The van der Waals surface area contributed by atoms with Gasteiger partial charge in [0.25, 0.3) is 5.56 Å². The number of amides is 1. The molecule has 1 N–H and O–H groups in total. The van der Waals surface area contributed by atoms with Gasteiger partial charge in [-0.15, -0.1) is 0 Å². The lowest BCUT2D eigenvalue weighted by molar-refractivity contribution is -0.136. The number of aromatic amines is 1. The van der Waals surface area contributed by atoms with Gasteiger partial charge in [-0.3, -0.25) is 14.6 Å². The predicted molar refractivity (Wildman–Crippen MR) is 97.4 cm³/mol. The molecule has 1 saturated heterocycles. The van der Waals surface area contributed by atoms with E-state index in [9.17, 15) is 9.59 Å². The number of nitrogens with one attached hydrogen (secondary N) is 1. The minimum Gasteiger partial charge on any atom is -0.342 e. The minimum absolute atomic E-state index is 0.124. The Labute approximate surface area is 146 Å². The molecule has 0 radical (unpaired) electrons. The van der Waals surface area contributed by atoms with Gasteiger partial charge in [0.2, 0.25) is 5.91 Å². The predicted octanol–water partition coefficient (Wildman–Crippen LogP) is 2.99. The van der Waals surface area contributed by atoms with Gasteiger partial charge < -0.3 is 9.88 Å². The molecule has 2 aromatic heterocycles. The first kappa shape index (κ1) is 16.1. The van der Waals surface area contributed by atoms with Gasteiger partial charge in [-0.1, -0.05) is 18.2 Å². The second-order valence-electron chi connectivity index (χ2n) is 7.08. The van der Waals surface area contributed by atoms with Crippen LogP contribution >= 0.6 is 0 Å². The van der Waals surface area contributed by atoms with Crippen molar-refractivity contribution in [2.45, 2.75) is 38.0 Å². The number of aromatic nitrogens is 2. The Kier molecular flexibility index (Phi) is 4.38. The number of likely N-dealkylation sites (tertiary alicyclic amines) is 1. The summed E-state index contributed by atoms with van der Waals surface area (Å²) in [7, 11) is 0. The Balaban J connectivity index is 1.46.